The zero-order valence-electron chi connectivity index (χ0n) is 9.94. The Kier molecular flexibility index (Phi) is 5.09. The minimum atomic E-state index is -4.30. The van der Waals surface area contributed by atoms with Gasteiger partial charge >= 0.3 is 12.3 Å². The second-order valence-electron chi connectivity index (χ2n) is 4.73. The maximum absolute atomic E-state index is 11.7. The number of alkyl carbamates (subject to hydrolysis) is 1. The van der Waals surface area contributed by atoms with Crippen molar-refractivity contribution in [3.8, 4) is 0 Å². The third-order valence-electron chi connectivity index (χ3n) is 2.25. The Morgan fingerprint density at radius 1 is 1.31 bits per heavy atom. The minimum absolute atomic E-state index is 0.164. The van der Waals surface area contributed by atoms with E-state index in [4.69, 9.17) is 0 Å². The smallest absolute Gasteiger partial charge is 0.407 e. The van der Waals surface area contributed by atoms with Crippen LogP contribution in [0.1, 0.15) is 34.1 Å². The summed E-state index contributed by atoms with van der Waals surface area (Å²) < 4.78 is 39.7. The average Bonchev–Trinajstić information content (AvgIpc) is 1.99. The van der Waals surface area contributed by atoms with E-state index in [1.807, 2.05) is 20.8 Å². The normalized spacial score (nSPS) is 14.4. The molecule has 0 bridgehead atoms. The molecule has 1 amide bonds. The second kappa shape index (κ2) is 5.41. The molecular formula is C10H18F3NO2. The number of halogens is 3. The predicted octanol–water partition coefficient (Wildman–Crippen LogP) is 3.10. The van der Waals surface area contributed by atoms with Crippen LogP contribution < -0.4 is 5.32 Å². The van der Waals surface area contributed by atoms with Crippen LogP contribution in [-0.4, -0.2) is 24.9 Å². The Morgan fingerprint density at radius 2 is 1.81 bits per heavy atom. The summed E-state index contributed by atoms with van der Waals surface area (Å²) in [6.45, 7) is 6.85. The quantitative estimate of drug-likeness (QED) is 0.824. The fourth-order valence-corrected chi connectivity index (χ4v) is 0.694. The Morgan fingerprint density at radius 3 is 2.19 bits per heavy atom. The van der Waals surface area contributed by atoms with E-state index in [1.54, 1.807) is 6.92 Å². The summed E-state index contributed by atoms with van der Waals surface area (Å²) in [7, 11) is 0. The zero-order chi connectivity index (χ0) is 13.0. The van der Waals surface area contributed by atoms with Crippen LogP contribution in [0.25, 0.3) is 0 Å². The maximum Gasteiger partial charge on any atom is 0.407 e. The van der Waals surface area contributed by atoms with Crippen molar-refractivity contribution in [1.29, 1.82) is 0 Å². The molecule has 0 aromatic rings. The number of carbonyl (C=O) groups excluding carboxylic acids is 1. The lowest BCUT2D eigenvalue weighted by atomic mass is 9.88. The topological polar surface area (TPSA) is 38.3 Å². The van der Waals surface area contributed by atoms with Gasteiger partial charge in [-0.2, -0.15) is 13.2 Å². The Bertz CT molecular complexity index is 233. The number of nitrogens with one attached hydrogen (secondary N) is 1. The van der Waals surface area contributed by atoms with Gasteiger partial charge in [0.25, 0.3) is 0 Å². The van der Waals surface area contributed by atoms with Crippen molar-refractivity contribution in [2.75, 3.05) is 6.61 Å². The van der Waals surface area contributed by atoms with Crippen LogP contribution in [0.2, 0.25) is 0 Å². The van der Waals surface area contributed by atoms with Crippen molar-refractivity contribution in [1.82, 2.24) is 5.32 Å². The summed E-state index contributed by atoms with van der Waals surface area (Å²) >= 11 is 0. The van der Waals surface area contributed by atoms with Crippen molar-refractivity contribution in [3.05, 3.63) is 0 Å². The highest BCUT2D eigenvalue weighted by Gasteiger charge is 2.28. The van der Waals surface area contributed by atoms with E-state index >= 15 is 0 Å². The summed E-state index contributed by atoms with van der Waals surface area (Å²) in [5, 5.41) is 2.48. The van der Waals surface area contributed by atoms with Gasteiger partial charge in [-0.05, 0) is 12.3 Å². The highest BCUT2D eigenvalue weighted by Crippen LogP contribution is 2.20. The molecule has 0 fully saturated rings. The van der Waals surface area contributed by atoms with Crippen LogP contribution in [0.3, 0.4) is 0 Å². The van der Waals surface area contributed by atoms with Crippen LogP contribution in [0.5, 0.6) is 0 Å². The monoisotopic (exact) mass is 241 g/mol. The number of hydrogen-bond acceptors (Lipinski definition) is 2. The third-order valence-corrected chi connectivity index (χ3v) is 2.25. The number of amides is 1. The van der Waals surface area contributed by atoms with Crippen molar-refractivity contribution in [2.24, 2.45) is 5.41 Å². The van der Waals surface area contributed by atoms with Gasteiger partial charge in [0.2, 0.25) is 0 Å². The number of hydrogen-bond donors (Lipinski definition) is 1. The van der Waals surface area contributed by atoms with Crippen molar-refractivity contribution >= 4 is 6.09 Å². The van der Waals surface area contributed by atoms with Crippen LogP contribution >= 0.6 is 0 Å². The van der Waals surface area contributed by atoms with Gasteiger partial charge in [0.15, 0.2) is 0 Å². The zero-order valence-corrected chi connectivity index (χ0v) is 9.94. The molecule has 3 nitrogen and oxygen atoms in total. The lowest BCUT2D eigenvalue weighted by Gasteiger charge is -2.27. The fraction of sp³-hybridized carbons (Fsp3) is 0.900. The number of carbonyl (C=O) groups is 1. The molecule has 0 radical (unpaired) electrons. The fourth-order valence-electron chi connectivity index (χ4n) is 0.694. The molecule has 0 spiro atoms. The lowest BCUT2D eigenvalue weighted by Crippen LogP contribution is -2.41. The number of rotatable bonds is 3. The Labute approximate surface area is 93.3 Å². The van der Waals surface area contributed by atoms with Crippen molar-refractivity contribution in [3.63, 3.8) is 0 Å². The predicted molar refractivity (Wildman–Crippen MR) is 54.1 cm³/mol. The molecule has 1 atom stereocenters. The SMILES string of the molecule is CC(NC(=O)OCCC(F)(F)F)C(C)(C)C. The molecule has 0 aliphatic carbocycles. The van der Waals surface area contributed by atoms with Gasteiger partial charge in [-0.15, -0.1) is 0 Å². The van der Waals surface area contributed by atoms with Gasteiger partial charge < -0.3 is 10.1 Å². The van der Waals surface area contributed by atoms with Crippen LogP contribution in [0.15, 0.2) is 0 Å². The second-order valence-corrected chi connectivity index (χ2v) is 4.73. The molecule has 0 heterocycles. The molecule has 0 saturated carbocycles. The maximum atomic E-state index is 11.7. The van der Waals surface area contributed by atoms with Crippen LogP contribution in [-0.2, 0) is 4.74 Å². The molecular weight excluding hydrogens is 223 g/mol. The molecule has 0 rings (SSSR count). The Hall–Kier alpha value is -0.940. The molecule has 0 aromatic carbocycles. The molecule has 96 valence electrons. The van der Waals surface area contributed by atoms with Gasteiger partial charge in [0.05, 0.1) is 6.42 Å². The van der Waals surface area contributed by atoms with E-state index in [-0.39, 0.29) is 11.5 Å². The van der Waals surface area contributed by atoms with E-state index in [0.717, 1.165) is 0 Å². The third kappa shape index (κ3) is 7.36. The molecule has 6 heteroatoms. The number of alkyl halides is 3. The lowest BCUT2D eigenvalue weighted by molar-refractivity contribution is -0.141. The average molecular weight is 241 g/mol. The van der Waals surface area contributed by atoms with Gasteiger partial charge in [-0.3, -0.25) is 0 Å². The molecule has 16 heavy (non-hydrogen) atoms. The molecule has 0 aliphatic rings. The summed E-state index contributed by atoms with van der Waals surface area (Å²) in [5.41, 5.74) is -0.164. The van der Waals surface area contributed by atoms with Crippen LogP contribution in [0.4, 0.5) is 18.0 Å². The van der Waals surface area contributed by atoms with Crippen LogP contribution in [0, 0.1) is 5.41 Å². The first-order valence-corrected chi connectivity index (χ1v) is 5.02. The summed E-state index contributed by atoms with van der Waals surface area (Å²) in [5.74, 6) is 0. The van der Waals surface area contributed by atoms with E-state index in [9.17, 15) is 18.0 Å². The number of ether oxygens (including phenoxy) is 1. The molecule has 1 unspecified atom stereocenters. The molecule has 0 saturated heterocycles. The van der Waals surface area contributed by atoms with E-state index < -0.39 is 25.3 Å². The summed E-state index contributed by atoms with van der Waals surface area (Å²) in [6.07, 6.45) is -6.23. The van der Waals surface area contributed by atoms with E-state index in [1.165, 1.54) is 0 Å². The van der Waals surface area contributed by atoms with Crippen molar-refractivity contribution in [2.45, 2.75) is 46.3 Å². The summed E-state index contributed by atoms with van der Waals surface area (Å²) in [4.78, 5) is 11.1. The van der Waals surface area contributed by atoms with Gasteiger partial charge in [0.1, 0.15) is 6.61 Å². The molecule has 0 aliphatic heterocycles. The summed E-state index contributed by atoms with van der Waals surface area (Å²) in [6, 6.07) is -0.175. The first-order valence-electron chi connectivity index (χ1n) is 5.02. The molecule has 1 N–H and O–H groups in total. The largest absolute Gasteiger partial charge is 0.449 e. The standard InChI is InChI=1S/C10H18F3NO2/c1-7(9(2,3)4)14-8(15)16-6-5-10(11,12)13/h7H,5-6H2,1-4H3,(H,14,15). The minimum Gasteiger partial charge on any atom is -0.449 e. The first-order chi connectivity index (χ1) is 7.02. The highest BCUT2D eigenvalue weighted by atomic mass is 19.4. The first kappa shape index (κ1) is 15.1. The van der Waals surface area contributed by atoms with Gasteiger partial charge in [0, 0.05) is 6.04 Å². The molecule has 0 aromatic heterocycles. The van der Waals surface area contributed by atoms with E-state index in [0.29, 0.717) is 0 Å². The highest BCUT2D eigenvalue weighted by molar-refractivity contribution is 5.67. The van der Waals surface area contributed by atoms with Crippen molar-refractivity contribution < 1.29 is 22.7 Å². The van der Waals surface area contributed by atoms with Gasteiger partial charge in [-0.25, -0.2) is 4.79 Å². The Balaban J connectivity index is 3.84. The van der Waals surface area contributed by atoms with Gasteiger partial charge in [-0.1, -0.05) is 20.8 Å². The van der Waals surface area contributed by atoms with E-state index in [2.05, 4.69) is 10.1 Å².